The van der Waals surface area contributed by atoms with Gasteiger partial charge in [0.2, 0.25) is 0 Å². The molecule has 102 valence electrons. The van der Waals surface area contributed by atoms with Gasteiger partial charge in [-0.3, -0.25) is 4.99 Å². The van der Waals surface area contributed by atoms with Gasteiger partial charge in [0, 0.05) is 12.3 Å². The van der Waals surface area contributed by atoms with Crippen LogP contribution in [0.5, 0.6) is 0 Å². The molecule has 5 heteroatoms. The second kappa shape index (κ2) is 5.53. The van der Waals surface area contributed by atoms with Crippen molar-refractivity contribution in [2.75, 3.05) is 12.3 Å². The summed E-state index contributed by atoms with van der Waals surface area (Å²) >= 11 is 1.68. The van der Waals surface area contributed by atoms with Gasteiger partial charge in [0.15, 0.2) is 5.17 Å². The molecule has 2 aliphatic rings. The van der Waals surface area contributed by atoms with Crippen molar-refractivity contribution in [2.24, 2.45) is 4.99 Å². The predicted molar refractivity (Wildman–Crippen MR) is 77.2 cm³/mol. The summed E-state index contributed by atoms with van der Waals surface area (Å²) in [6.45, 7) is 1.45. The summed E-state index contributed by atoms with van der Waals surface area (Å²) in [5.74, 6) is 0.811. The molecule has 0 radical (unpaired) electrons. The van der Waals surface area contributed by atoms with E-state index in [1.807, 2.05) is 18.2 Å². The van der Waals surface area contributed by atoms with Crippen molar-refractivity contribution in [3.8, 4) is 0 Å². The zero-order valence-corrected chi connectivity index (χ0v) is 11.5. The quantitative estimate of drug-likeness (QED) is 0.850. The molecule has 3 rings (SSSR count). The number of aliphatic hydroxyl groups is 2. The van der Waals surface area contributed by atoms with Crippen LogP contribution in [0.1, 0.15) is 12.0 Å². The number of amidine groups is 1. The molecule has 0 bridgehead atoms. The second-order valence-corrected chi connectivity index (χ2v) is 5.99. The van der Waals surface area contributed by atoms with Crippen molar-refractivity contribution in [3.63, 3.8) is 0 Å². The van der Waals surface area contributed by atoms with Crippen LogP contribution in [0.25, 0.3) is 0 Å². The maximum absolute atomic E-state index is 9.99. The number of hydrogen-bond donors (Lipinski definition) is 2. The first-order valence-corrected chi connectivity index (χ1v) is 7.58. The van der Waals surface area contributed by atoms with Crippen LogP contribution in [-0.2, 0) is 6.54 Å². The summed E-state index contributed by atoms with van der Waals surface area (Å²) in [6.07, 6.45) is -0.622. The molecular weight excluding hydrogens is 260 g/mol. The Balaban J connectivity index is 1.70. The molecule has 4 nitrogen and oxygen atoms in total. The Bertz CT molecular complexity index is 466. The highest BCUT2D eigenvalue weighted by atomic mass is 32.2. The van der Waals surface area contributed by atoms with Crippen LogP contribution in [0.2, 0.25) is 0 Å². The molecule has 0 aromatic heterocycles. The van der Waals surface area contributed by atoms with Crippen molar-refractivity contribution in [1.29, 1.82) is 0 Å². The van der Waals surface area contributed by atoms with Gasteiger partial charge in [-0.15, -0.1) is 0 Å². The molecule has 2 aliphatic heterocycles. The van der Waals surface area contributed by atoms with Crippen LogP contribution in [0.3, 0.4) is 0 Å². The van der Waals surface area contributed by atoms with E-state index >= 15 is 0 Å². The van der Waals surface area contributed by atoms with E-state index < -0.39 is 12.2 Å². The van der Waals surface area contributed by atoms with Crippen LogP contribution in [0.15, 0.2) is 35.3 Å². The molecule has 0 aliphatic carbocycles. The standard InChI is InChI=1S/C14H18N2O2S/c17-12-6-7-16-11(13(12)18)9-19-14(16)15-8-10-4-2-1-3-5-10/h1-5,11-13,17-18H,6-9H2/t11-,12-,13-/m1/s1. The third kappa shape index (κ3) is 2.63. The van der Waals surface area contributed by atoms with Crippen molar-refractivity contribution >= 4 is 16.9 Å². The highest BCUT2D eigenvalue weighted by Crippen LogP contribution is 2.31. The van der Waals surface area contributed by atoms with Gasteiger partial charge in [-0.1, -0.05) is 42.1 Å². The summed E-state index contributed by atoms with van der Waals surface area (Å²) in [6, 6.07) is 10.2. The second-order valence-electron chi connectivity index (χ2n) is 5.00. The Hall–Kier alpha value is -1.04. The Morgan fingerprint density at radius 2 is 2.05 bits per heavy atom. The Morgan fingerprint density at radius 3 is 2.84 bits per heavy atom. The van der Waals surface area contributed by atoms with E-state index in [1.165, 1.54) is 5.56 Å². The molecule has 0 spiro atoms. The van der Waals surface area contributed by atoms with Gasteiger partial charge in [0.1, 0.15) is 6.10 Å². The van der Waals surface area contributed by atoms with Crippen molar-refractivity contribution < 1.29 is 10.2 Å². The Morgan fingerprint density at radius 1 is 1.26 bits per heavy atom. The lowest BCUT2D eigenvalue weighted by Gasteiger charge is -2.37. The number of thioether (sulfide) groups is 1. The van der Waals surface area contributed by atoms with E-state index in [1.54, 1.807) is 11.8 Å². The van der Waals surface area contributed by atoms with Crippen LogP contribution in [0.4, 0.5) is 0 Å². The molecule has 3 atom stereocenters. The van der Waals surface area contributed by atoms with Crippen molar-refractivity contribution in [2.45, 2.75) is 31.2 Å². The van der Waals surface area contributed by atoms with Gasteiger partial charge >= 0.3 is 0 Å². The number of nitrogens with zero attached hydrogens (tertiary/aromatic N) is 2. The molecule has 2 heterocycles. The highest BCUT2D eigenvalue weighted by Gasteiger charge is 2.41. The van der Waals surface area contributed by atoms with Crippen LogP contribution < -0.4 is 0 Å². The number of fused-ring (bicyclic) bond motifs is 1. The van der Waals surface area contributed by atoms with E-state index in [0.29, 0.717) is 13.0 Å². The molecule has 19 heavy (non-hydrogen) atoms. The summed E-state index contributed by atoms with van der Waals surface area (Å²) in [4.78, 5) is 6.79. The monoisotopic (exact) mass is 278 g/mol. The van der Waals surface area contributed by atoms with E-state index in [9.17, 15) is 10.2 Å². The minimum Gasteiger partial charge on any atom is -0.390 e. The molecule has 2 fully saturated rings. The minimum absolute atomic E-state index is 0.0169. The van der Waals surface area contributed by atoms with E-state index in [2.05, 4.69) is 22.0 Å². The number of hydrogen-bond acceptors (Lipinski definition) is 4. The maximum atomic E-state index is 9.99. The fourth-order valence-corrected chi connectivity index (χ4v) is 3.84. The number of aliphatic hydroxyl groups excluding tert-OH is 2. The molecule has 0 saturated carbocycles. The van der Waals surface area contributed by atoms with Crippen LogP contribution >= 0.6 is 11.8 Å². The number of aliphatic imine (C=N–C) groups is 1. The summed E-state index contributed by atoms with van der Waals surface area (Å²) < 4.78 is 0. The fraction of sp³-hybridized carbons (Fsp3) is 0.500. The maximum Gasteiger partial charge on any atom is 0.159 e. The van der Waals surface area contributed by atoms with Crippen molar-refractivity contribution in [1.82, 2.24) is 4.90 Å². The zero-order valence-electron chi connectivity index (χ0n) is 10.6. The first-order valence-electron chi connectivity index (χ1n) is 6.59. The molecule has 0 unspecified atom stereocenters. The number of piperidine rings is 1. The van der Waals surface area contributed by atoms with Gasteiger partial charge in [-0.05, 0) is 12.0 Å². The van der Waals surface area contributed by atoms with Gasteiger partial charge in [-0.2, -0.15) is 0 Å². The predicted octanol–water partition coefficient (Wildman–Crippen LogP) is 1.09. The number of benzene rings is 1. The normalized spacial score (nSPS) is 32.6. The molecule has 0 amide bonds. The molecule has 1 aromatic carbocycles. The van der Waals surface area contributed by atoms with Gasteiger partial charge in [0.25, 0.3) is 0 Å². The van der Waals surface area contributed by atoms with Gasteiger partial charge in [-0.25, -0.2) is 0 Å². The zero-order chi connectivity index (χ0) is 13.2. The van der Waals surface area contributed by atoms with Crippen LogP contribution in [0, 0.1) is 0 Å². The molecule has 2 saturated heterocycles. The first-order chi connectivity index (χ1) is 9.25. The minimum atomic E-state index is -0.648. The van der Waals surface area contributed by atoms with E-state index in [0.717, 1.165) is 17.5 Å². The summed E-state index contributed by atoms with van der Waals surface area (Å²) in [7, 11) is 0. The SMILES string of the molecule is O[C@H]1[C@H](O)CCN2C(=NCc3ccccc3)SC[C@H]12. The van der Waals surface area contributed by atoms with Gasteiger partial charge in [0.05, 0.1) is 18.7 Å². The van der Waals surface area contributed by atoms with Crippen molar-refractivity contribution in [3.05, 3.63) is 35.9 Å². The lowest BCUT2D eigenvalue weighted by atomic mass is 9.98. The molecule has 1 aromatic rings. The first kappa shape index (κ1) is 13.0. The Labute approximate surface area is 117 Å². The molecule has 2 N–H and O–H groups in total. The summed E-state index contributed by atoms with van der Waals surface area (Å²) in [5, 5.41) is 20.7. The average Bonchev–Trinajstić information content (AvgIpc) is 2.86. The third-order valence-corrected chi connectivity index (χ3v) is 4.85. The topological polar surface area (TPSA) is 56.1 Å². The fourth-order valence-electron chi connectivity index (χ4n) is 2.60. The highest BCUT2D eigenvalue weighted by molar-refractivity contribution is 8.14. The summed E-state index contributed by atoms with van der Waals surface area (Å²) in [5.41, 5.74) is 1.19. The lowest BCUT2D eigenvalue weighted by molar-refractivity contribution is -0.0470. The van der Waals surface area contributed by atoms with E-state index in [4.69, 9.17) is 0 Å². The average molecular weight is 278 g/mol. The van der Waals surface area contributed by atoms with Gasteiger partial charge < -0.3 is 15.1 Å². The van der Waals surface area contributed by atoms with E-state index in [-0.39, 0.29) is 6.04 Å². The number of rotatable bonds is 2. The largest absolute Gasteiger partial charge is 0.390 e. The molecular formula is C14H18N2O2S. The lowest BCUT2D eigenvalue weighted by Crippen LogP contribution is -2.53. The van der Waals surface area contributed by atoms with Crippen LogP contribution in [-0.4, -0.2) is 50.8 Å². The smallest absolute Gasteiger partial charge is 0.159 e. The Kier molecular flexibility index (Phi) is 3.77. The third-order valence-electron chi connectivity index (χ3n) is 3.72.